The second kappa shape index (κ2) is 6.92. The molecule has 1 aromatic carbocycles. The molecule has 0 radical (unpaired) electrons. The first-order valence-electron chi connectivity index (χ1n) is 6.51. The average Bonchev–Trinajstić information content (AvgIpc) is 3.03. The van der Waals surface area contributed by atoms with Crippen LogP contribution in [0.25, 0.3) is 0 Å². The molecule has 1 N–H and O–H groups in total. The van der Waals surface area contributed by atoms with Crippen LogP contribution in [0.5, 0.6) is 11.5 Å². The van der Waals surface area contributed by atoms with Crippen LogP contribution < -0.4 is 14.8 Å². The fourth-order valence-electron chi connectivity index (χ4n) is 1.67. The number of hydrogen-bond acceptors (Lipinski definition) is 8. The molecule has 2 aromatic rings. The monoisotopic (exact) mass is 357 g/mol. The van der Waals surface area contributed by atoms with Gasteiger partial charge >= 0.3 is 0 Å². The van der Waals surface area contributed by atoms with E-state index in [1.165, 1.54) is 27.2 Å². The smallest absolute Gasteiger partial charge is 0.261 e. The van der Waals surface area contributed by atoms with Gasteiger partial charge in [-0.05, 0) is 12.1 Å². The van der Waals surface area contributed by atoms with Crippen molar-refractivity contribution in [2.45, 2.75) is 12.1 Å². The van der Waals surface area contributed by atoms with Gasteiger partial charge in [-0.25, -0.2) is 8.42 Å². The largest absolute Gasteiger partial charge is 0.497 e. The third-order valence-electron chi connectivity index (χ3n) is 2.94. The lowest BCUT2D eigenvalue weighted by atomic mass is 10.2. The fraction of sp³-hybridized carbons (Fsp3) is 0.308. The highest BCUT2D eigenvalue weighted by Crippen LogP contribution is 2.26. The van der Waals surface area contributed by atoms with Crippen LogP contribution in [0.2, 0.25) is 0 Å². The zero-order chi connectivity index (χ0) is 17.0. The summed E-state index contributed by atoms with van der Waals surface area (Å²) < 4.78 is 37.3. The number of anilines is 1. The van der Waals surface area contributed by atoms with Gasteiger partial charge in [-0.3, -0.25) is 10.1 Å². The molecule has 0 unspecified atom stereocenters. The molecule has 1 amide bonds. The number of nitrogens with zero attached hydrogens (tertiary/aromatic N) is 2. The summed E-state index contributed by atoms with van der Waals surface area (Å²) in [5.74, 6) is 0.281. The average molecular weight is 357 g/mol. The SMILES string of the molecule is CCS(=O)(=O)c1nsc(NC(=O)c2ccc(OC)cc2OC)n1. The molecule has 0 bridgehead atoms. The second-order valence-electron chi connectivity index (χ2n) is 4.31. The molecule has 0 aliphatic rings. The van der Waals surface area contributed by atoms with Crippen molar-refractivity contribution in [1.29, 1.82) is 0 Å². The van der Waals surface area contributed by atoms with Crippen molar-refractivity contribution in [2.75, 3.05) is 25.3 Å². The normalized spacial score (nSPS) is 11.1. The number of aromatic nitrogens is 2. The Morgan fingerprint density at radius 1 is 1.30 bits per heavy atom. The number of carbonyl (C=O) groups is 1. The van der Waals surface area contributed by atoms with Gasteiger partial charge in [0, 0.05) is 17.6 Å². The Morgan fingerprint density at radius 2 is 2.04 bits per heavy atom. The minimum absolute atomic E-state index is 0.0971. The van der Waals surface area contributed by atoms with Crippen LogP contribution in [0.15, 0.2) is 23.4 Å². The van der Waals surface area contributed by atoms with Crippen LogP contribution in [0.1, 0.15) is 17.3 Å². The predicted octanol–water partition coefficient (Wildman–Crippen LogP) is 1.60. The van der Waals surface area contributed by atoms with Crippen molar-refractivity contribution in [3.05, 3.63) is 23.8 Å². The Kier molecular flexibility index (Phi) is 5.16. The molecule has 0 fully saturated rings. The van der Waals surface area contributed by atoms with E-state index in [2.05, 4.69) is 14.7 Å². The number of benzene rings is 1. The molecule has 10 heteroatoms. The molecule has 0 aliphatic carbocycles. The molecule has 124 valence electrons. The first-order chi connectivity index (χ1) is 10.9. The molecule has 0 spiro atoms. The van der Waals surface area contributed by atoms with Gasteiger partial charge in [-0.1, -0.05) is 6.92 Å². The summed E-state index contributed by atoms with van der Waals surface area (Å²) in [6, 6.07) is 4.73. The van der Waals surface area contributed by atoms with Gasteiger partial charge in [0.05, 0.1) is 25.5 Å². The maximum atomic E-state index is 12.3. The fourth-order valence-corrected chi connectivity index (χ4v) is 3.25. The number of methoxy groups -OCH3 is 2. The van der Waals surface area contributed by atoms with Gasteiger partial charge in [-0.2, -0.15) is 9.36 Å². The molecule has 0 aliphatic heterocycles. The van der Waals surface area contributed by atoms with Crippen molar-refractivity contribution in [1.82, 2.24) is 9.36 Å². The molecule has 0 saturated heterocycles. The summed E-state index contributed by atoms with van der Waals surface area (Å²) >= 11 is 0.798. The maximum Gasteiger partial charge on any atom is 0.261 e. The minimum Gasteiger partial charge on any atom is -0.497 e. The zero-order valence-corrected chi connectivity index (χ0v) is 14.3. The second-order valence-corrected chi connectivity index (χ2v) is 7.23. The van der Waals surface area contributed by atoms with Gasteiger partial charge in [-0.15, -0.1) is 0 Å². The van der Waals surface area contributed by atoms with E-state index >= 15 is 0 Å². The van der Waals surface area contributed by atoms with E-state index in [-0.39, 0.29) is 21.6 Å². The van der Waals surface area contributed by atoms with Crippen molar-refractivity contribution in [3.63, 3.8) is 0 Å². The van der Waals surface area contributed by atoms with E-state index in [1.54, 1.807) is 12.1 Å². The Bertz CT molecular complexity index is 817. The highest BCUT2D eigenvalue weighted by molar-refractivity contribution is 7.91. The molecule has 1 heterocycles. The van der Waals surface area contributed by atoms with Crippen molar-refractivity contribution < 1.29 is 22.7 Å². The quantitative estimate of drug-likeness (QED) is 0.836. The Labute approximate surface area is 137 Å². The number of amides is 1. The third-order valence-corrected chi connectivity index (χ3v) is 5.18. The molecule has 2 rings (SSSR count). The Balaban J connectivity index is 2.23. The van der Waals surface area contributed by atoms with Gasteiger partial charge in [0.15, 0.2) is 0 Å². The van der Waals surface area contributed by atoms with E-state index in [0.717, 1.165) is 11.5 Å². The summed E-state index contributed by atoms with van der Waals surface area (Å²) in [5, 5.41) is 2.32. The van der Waals surface area contributed by atoms with Crippen LogP contribution in [0, 0.1) is 0 Å². The van der Waals surface area contributed by atoms with Crippen LogP contribution in [-0.4, -0.2) is 43.7 Å². The number of sulfone groups is 1. The summed E-state index contributed by atoms with van der Waals surface area (Å²) in [4.78, 5) is 16.1. The summed E-state index contributed by atoms with van der Waals surface area (Å²) in [5.41, 5.74) is 0.267. The van der Waals surface area contributed by atoms with E-state index in [4.69, 9.17) is 9.47 Å². The number of hydrogen-bond donors (Lipinski definition) is 1. The molecule has 23 heavy (non-hydrogen) atoms. The van der Waals surface area contributed by atoms with E-state index < -0.39 is 15.7 Å². The maximum absolute atomic E-state index is 12.3. The molecular formula is C13H15N3O5S2. The summed E-state index contributed by atoms with van der Waals surface area (Å²) in [6.07, 6.45) is 0. The minimum atomic E-state index is -3.50. The van der Waals surface area contributed by atoms with Crippen LogP contribution in [0.3, 0.4) is 0 Å². The van der Waals surface area contributed by atoms with Crippen LogP contribution >= 0.6 is 11.5 Å². The summed E-state index contributed by atoms with van der Waals surface area (Å²) in [7, 11) is -0.566. The standard InChI is InChI=1S/C13H15N3O5S2/c1-4-23(18,19)13-15-12(22-16-13)14-11(17)9-6-5-8(20-2)7-10(9)21-3/h5-7H,4H2,1-3H3,(H,14,15,16,17). The van der Waals surface area contributed by atoms with Gasteiger partial charge in [0.1, 0.15) is 11.5 Å². The summed E-state index contributed by atoms with van der Waals surface area (Å²) in [6.45, 7) is 1.50. The Morgan fingerprint density at radius 3 is 2.65 bits per heavy atom. The lowest BCUT2D eigenvalue weighted by molar-refractivity contribution is 0.102. The van der Waals surface area contributed by atoms with Crippen LogP contribution in [0.4, 0.5) is 5.13 Å². The first-order valence-corrected chi connectivity index (χ1v) is 8.93. The lowest BCUT2D eigenvalue weighted by Gasteiger charge is -2.09. The molecule has 0 atom stereocenters. The zero-order valence-electron chi connectivity index (χ0n) is 12.7. The number of rotatable bonds is 6. The van der Waals surface area contributed by atoms with E-state index in [9.17, 15) is 13.2 Å². The van der Waals surface area contributed by atoms with E-state index in [0.29, 0.717) is 11.5 Å². The first kappa shape index (κ1) is 17.2. The van der Waals surface area contributed by atoms with Crippen molar-refractivity contribution >= 4 is 32.4 Å². The predicted molar refractivity (Wildman–Crippen MR) is 85.1 cm³/mol. The van der Waals surface area contributed by atoms with Gasteiger partial charge < -0.3 is 9.47 Å². The van der Waals surface area contributed by atoms with Crippen LogP contribution in [-0.2, 0) is 9.84 Å². The number of ether oxygens (including phenoxy) is 2. The highest BCUT2D eigenvalue weighted by atomic mass is 32.2. The van der Waals surface area contributed by atoms with Gasteiger partial charge in [0.25, 0.3) is 11.1 Å². The van der Waals surface area contributed by atoms with Gasteiger partial charge in [0.2, 0.25) is 15.0 Å². The molecular weight excluding hydrogens is 342 g/mol. The van der Waals surface area contributed by atoms with Crippen molar-refractivity contribution in [2.24, 2.45) is 0 Å². The molecule has 1 aromatic heterocycles. The molecule has 0 saturated carbocycles. The highest BCUT2D eigenvalue weighted by Gasteiger charge is 2.20. The Hall–Kier alpha value is -2.20. The number of nitrogens with one attached hydrogen (secondary N) is 1. The van der Waals surface area contributed by atoms with Crippen molar-refractivity contribution in [3.8, 4) is 11.5 Å². The topological polar surface area (TPSA) is 107 Å². The van der Waals surface area contributed by atoms with E-state index in [1.807, 2.05) is 0 Å². The third kappa shape index (κ3) is 3.77. The molecule has 8 nitrogen and oxygen atoms in total. The lowest BCUT2D eigenvalue weighted by Crippen LogP contribution is -2.13. The number of carbonyl (C=O) groups excluding carboxylic acids is 1.